The Kier molecular flexibility index (Phi) is 5.16. The molecule has 0 unspecified atom stereocenters. The third-order valence-electron chi connectivity index (χ3n) is 2.92. The van der Waals surface area contributed by atoms with Crippen LogP contribution < -0.4 is 10.1 Å². The third-order valence-corrected chi connectivity index (χ3v) is 3.45. The van der Waals surface area contributed by atoms with Gasteiger partial charge in [0.1, 0.15) is 11.3 Å². The minimum absolute atomic E-state index is 0.0384. The van der Waals surface area contributed by atoms with Crippen molar-refractivity contribution in [1.82, 2.24) is 0 Å². The van der Waals surface area contributed by atoms with E-state index >= 15 is 0 Å². The largest absolute Gasteiger partial charge is 0.483 e. The third kappa shape index (κ3) is 4.08. The molecular formula is C16H14BrNO4. The van der Waals surface area contributed by atoms with E-state index in [9.17, 15) is 9.59 Å². The molecule has 2 N–H and O–H groups in total. The molecule has 2 aromatic rings. The summed E-state index contributed by atoms with van der Waals surface area (Å²) in [5.74, 6) is -1.24. The standard InChI is InChI=1S/C16H14BrNO4/c1-10-3-2-4-13(16(20)21)15(10)22-9-14(19)18-12-7-5-11(17)6-8-12/h2-8H,9H2,1H3,(H,18,19)(H,20,21). The molecule has 1 amide bonds. The Labute approximate surface area is 136 Å². The van der Waals surface area contributed by atoms with Gasteiger partial charge in [0.25, 0.3) is 5.91 Å². The molecule has 5 nitrogen and oxygen atoms in total. The van der Waals surface area contributed by atoms with Crippen LogP contribution in [0.1, 0.15) is 15.9 Å². The number of nitrogens with one attached hydrogen (secondary N) is 1. The highest BCUT2D eigenvalue weighted by Crippen LogP contribution is 2.23. The van der Waals surface area contributed by atoms with E-state index in [0.717, 1.165) is 4.47 Å². The number of carboxylic acid groups (broad SMARTS) is 1. The average Bonchev–Trinajstić information content (AvgIpc) is 2.48. The molecule has 2 aromatic carbocycles. The molecule has 114 valence electrons. The number of aryl methyl sites for hydroxylation is 1. The zero-order chi connectivity index (χ0) is 16.1. The second kappa shape index (κ2) is 7.09. The predicted molar refractivity (Wildman–Crippen MR) is 86.4 cm³/mol. The van der Waals surface area contributed by atoms with Gasteiger partial charge in [-0.3, -0.25) is 4.79 Å². The molecular weight excluding hydrogens is 350 g/mol. The van der Waals surface area contributed by atoms with E-state index in [0.29, 0.717) is 11.3 Å². The lowest BCUT2D eigenvalue weighted by molar-refractivity contribution is -0.118. The Bertz CT molecular complexity index is 698. The summed E-state index contributed by atoms with van der Waals surface area (Å²) in [7, 11) is 0. The van der Waals surface area contributed by atoms with E-state index in [-0.39, 0.29) is 23.8 Å². The Hall–Kier alpha value is -2.34. The van der Waals surface area contributed by atoms with Crippen molar-refractivity contribution in [2.75, 3.05) is 11.9 Å². The number of anilines is 1. The summed E-state index contributed by atoms with van der Waals surface area (Å²) in [6, 6.07) is 11.9. The summed E-state index contributed by atoms with van der Waals surface area (Å²) < 4.78 is 6.29. The van der Waals surface area contributed by atoms with Gasteiger partial charge >= 0.3 is 5.97 Å². The predicted octanol–water partition coefficient (Wildman–Crippen LogP) is 3.47. The fraction of sp³-hybridized carbons (Fsp3) is 0.125. The van der Waals surface area contributed by atoms with Crippen molar-refractivity contribution in [2.45, 2.75) is 6.92 Å². The molecule has 22 heavy (non-hydrogen) atoms. The van der Waals surface area contributed by atoms with Crippen molar-refractivity contribution >= 4 is 33.5 Å². The first-order valence-electron chi connectivity index (χ1n) is 6.48. The quantitative estimate of drug-likeness (QED) is 0.852. The van der Waals surface area contributed by atoms with Gasteiger partial charge in [0.2, 0.25) is 0 Å². The molecule has 0 bridgehead atoms. The molecule has 0 saturated carbocycles. The van der Waals surface area contributed by atoms with Crippen LogP contribution >= 0.6 is 15.9 Å². The fourth-order valence-corrected chi connectivity index (χ4v) is 2.14. The summed E-state index contributed by atoms with van der Waals surface area (Å²) in [5.41, 5.74) is 1.34. The molecule has 0 aliphatic carbocycles. The van der Waals surface area contributed by atoms with Crippen LogP contribution in [0.2, 0.25) is 0 Å². The van der Waals surface area contributed by atoms with Gasteiger partial charge in [0.15, 0.2) is 6.61 Å². The van der Waals surface area contributed by atoms with Gasteiger partial charge in [-0.2, -0.15) is 0 Å². The molecule has 6 heteroatoms. The SMILES string of the molecule is Cc1cccc(C(=O)O)c1OCC(=O)Nc1ccc(Br)cc1. The number of hydrogen-bond donors (Lipinski definition) is 2. The molecule has 0 radical (unpaired) electrons. The highest BCUT2D eigenvalue weighted by atomic mass is 79.9. The van der Waals surface area contributed by atoms with Gasteiger partial charge in [0.05, 0.1) is 0 Å². The number of para-hydroxylation sites is 1. The van der Waals surface area contributed by atoms with Crippen LogP contribution in [-0.4, -0.2) is 23.6 Å². The number of carbonyl (C=O) groups is 2. The Morgan fingerprint density at radius 2 is 1.86 bits per heavy atom. The molecule has 0 fully saturated rings. The molecule has 0 saturated heterocycles. The molecule has 0 aliphatic heterocycles. The summed E-state index contributed by atoms with van der Waals surface area (Å²) in [5, 5.41) is 11.8. The van der Waals surface area contributed by atoms with Gasteiger partial charge in [-0.05, 0) is 42.8 Å². The van der Waals surface area contributed by atoms with Crippen LogP contribution in [0.15, 0.2) is 46.9 Å². The topological polar surface area (TPSA) is 75.6 Å². The van der Waals surface area contributed by atoms with Crippen LogP contribution in [0.5, 0.6) is 5.75 Å². The van der Waals surface area contributed by atoms with Crippen molar-refractivity contribution in [1.29, 1.82) is 0 Å². The van der Waals surface area contributed by atoms with Crippen molar-refractivity contribution in [3.05, 3.63) is 58.1 Å². The highest BCUT2D eigenvalue weighted by Gasteiger charge is 2.14. The number of carboxylic acids is 1. The van der Waals surface area contributed by atoms with Crippen molar-refractivity contribution in [3.63, 3.8) is 0 Å². The first-order chi connectivity index (χ1) is 10.5. The van der Waals surface area contributed by atoms with E-state index in [4.69, 9.17) is 9.84 Å². The van der Waals surface area contributed by atoms with Crippen molar-refractivity contribution in [2.24, 2.45) is 0 Å². The second-order valence-corrected chi connectivity index (χ2v) is 5.52. The summed E-state index contributed by atoms with van der Waals surface area (Å²) >= 11 is 3.31. The van der Waals surface area contributed by atoms with Crippen LogP contribution in [0.25, 0.3) is 0 Å². The lowest BCUT2D eigenvalue weighted by Gasteiger charge is -2.12. The lowest BCUT2D eigenvalue weighted by Crippen LogP contribution is -2.21. The molecule has 0 aromatic heterocycles. The zero-order valence-electron chi connectivity index (χ0n) is 11.8. The van der Waals surface area contributed by atoms with E-state index < -0.39 is 5.97 Å². The lowest BCUT2D eigenvalue weighted by atomic mass is 10.1. The van der Waals surface area contributed by atoms with Crippen LogP contribution in [-0.2, 0) is 4.79 Å². The smallest absolute Gasteiger partial charge is 0.339 e. The zero-order valence-corrected chi connectivity index (χ0v) is 13.4. The minimum Gasteiger partial charge on any atom is -0.483 e. The monoisotopic (exact) mass is 363 g/mol. The molecule has 0 aliphatic rings. The molecule has 2 rings (SSSR count). The van der Waals surface area contributed by atoms with Crippen molar-refractivity contribution < 1.29 is 19.4 Å². The van der Waals surface area contributed by atoms with Crippen molar-refractivity contribution in [3.8, 4) is 5.75 Å². The summed E-state index contributed by atoms with van der Waals surface area (Å²) in [6.07, 6.45) is 0. The number of halogens is 1. The minimum atomic E-state index is -1.09. The molecule has 0 atom stereocenters. The number of amides is 1. The first-order valence-corrected chi connectivity index (χ1v) is 7.28. The Morgan fingerprint density at radius 3 is 2.50 bits per heavy atom. The number of hydrogen-bond acceptors (Lipinski definition) is 3. The first kappa shape index (κ1) is 16.0. The fourth-order valence-electron chi connectivity index (χ4n) is 1.88. The Balaban J connectivity index is 2.02. The van der Waals surface area contributed by atoms with Gasteiger partial charge in [0, 0.05) is 10.2 Å². The maximum atomic E-state index is 11.9. The average molecular weight is 364 g/mol. The van der Waals surface area contributed by atoms with E-state index in [1.165, 1.54) is 6.07 Å². The number of ether oxygens (including phenoxy) is 1. The number of benzene rings is 2. The maximum Gasteiger partial charge on any atom is 0.339 e. The van der Waals surface area contributed by atoms with Gasteiger partial charge in [-0.15, -0.1) is 0 Å². The summed E-state index contributed by atoms with van der Waals surface area (Å²) in [6.45, 7) is 1.47. The molecule has 0 heterocycles. The number of aromatic carboxylic acids is 1. The Morgan fingerprint density at radius 1 is 1.18 bits per heavy atom. The van der Waals surface area contributed by atoms with Gasteiger partial charge in [-0.1, -0.05) is 28.1 Å². The van der Waals surface area contributed by atoms with E-state index in [1.807, 2.05) is 0 Å². The molecule has 0 spiro atoms. The number of rotatable bonds is 5. The highest BCUT2D eigenvalue weighted by molar-refractivity contribution is 9.10. The van der Waals surface area contributed by atoms with Gasteiger partial charge < -0.3 is 15.2 Å². The van der Waals surface area contributed by atoms with E-state index in [2.05, 4.69) is 21.2 Å². The second-order valence-electron chi connectivity index (χ2n) is 4.60. The van der Waals surface area contributed by atoms with Crippen LogP contribution in [0, 0.1) is 6.92 Å². The maximum absolute atomic E-state index is 11.9. The van der Waals surface area contributed by atoms with E-state index in [1.54, 1.807) is 43.3 Å². The summed E-state index contributed by atoms with van der Waals surface area (Å²) in [4.78, 5) is 23.0. The van der Waals surface area contributed by atoms with Crippen LogP contribution in [0.3, 0.4) is 0 Å². The van der Waals surface area contributed by atoms with Crippen LogP contribution in [0.4, 0.5) is 5.69 Å². The van der Waals surface area contributed by atoms with Gasteiger partial charge in [-0.25, -0.2) is 4.79 Å². The normalized spacial score (nSPS) is 10.1. The number of carbonyl (C=O) groups excluding carboxylic acids is 1.